The Morgan fingerprint density at radius 2 is 1.77 bits per heavy atom. The van der Waals surface area contributed by atoms with E-state index in [4.69, 9.17) is 9.47 Å². The summed E-state index contributed by atoms with van der Waals surface area (Å²) in [5.74, 6) is 2.10. The van der Waals surface area contributed by atoms with Gasteiger partial charge in [-0.2, -0.15) is 13.2 Å². The number of nitrogens with one attached hydrogen (secondary N) is 1. The van der Waals surface area contributed by atoms with Crippen molar-refractivity contribution in [2.45, 2.75) is 32.5 Å². The lowest BCUT2D eigenvalue weighted by atomic mass is 10.1. The van der Waals surface area contributed by atoms with E-state index in [1.165, 1.54) is 11.8 Å². The third kappa shape index (κ3) is 7.36. The fourth-order valence-corrected chi connectivity index (χ4v) is 3.28. The Balaban J connectivity index is 0.00000450. The fraction of sp³-hybridized carbons (Fsp3) is 0.650. The van der Waals surface area contributed by atoms with E-state index in [0.717, 1.165) is 17.9 Å². The normalized spacial score (nSPS) is 16.6. The topological polar surface area (TPSA) is 49.3 Å². The van der Waals surface area contributed by atoms with E-state index < -0.39 is 12.2 Å². The quantitative estimate of drug-likeness (QED) is 0.324. The highest BCUT2D eigenvalue weighted by Crippen LogP contribution is 2.28. The van der Waals surface area contributed by atoms with Crippen LogP contribution >= 0.6 is 24.0 Å². The second-order valence-electron chi connectivity index (χ2n) is 6.92. The van der Waals surface area contributed by atoms with Crippen molar-refractivity contribution in [3.8, 4) is 11.5 Å². The van der Waals surface area contributed by atoms with Gasteiger partial charge in [-0.1, -0.05) is 6.07 Å². The van der Waals surface area contributed by atoms with Crippen molar-refractivity contribution in [3.63, 3.8) is 0 Å². The molecule has 1 fully saturated rings. The number of guanidine groups is 1. The number of rotatable bonds is 7. The molecule has 30 heavy (non-hydrogen) atoms. The molecule has 0 radical (unpaired) electrons. The number of piperazine rings is 1. The Hall–Kier alpha value is -1.43. The Kier molecular flexibility index (Phi) is 11.0. The summed E-state index contributed by atoms with van der Waals surface area (Å²) in [6.07, 6.45) is -3.47. The number of aliphatic imine (C=N–C) groups is 1. The van der Waals surface area contributed by atoms with Gasteiger partial charge in [0.05, 0.1) is 14.2 Å². The SMILES string of the molecule is CCNC(=NCCc1ccc(OC)c(OC)c1)N1CCN(C(C)C(F)(F)F)CC1.I. The van der Waals surface area contributed by atoms with Gasteiger partial charge in [0.15, 0.2) is 17.5 Å². The van der Waals surface area contributed by atoms with E-state index in [1.807, 2.05) is 30.0 Å². The molecule has 0 saturated carbocycles. The predicted molar refractivity (Wildman–Crippen MR) is 123 cm³/mol. The van der Waals surface area contributed by atoms with Crippen LogP contribution in [0.2, 0.25) is 0 Å². The zero-order chi connectivity index (χ0) is 21.4. The summed E-state index contributed by atoms with van der Waals surface area (Å²) in [6, 6.07) is 4.35. The number of hydrogen-bond donors (Lipinski definition) is 1. The molecule has 1 aliphatic rings. The summed E-state index contributed by atoms with van der Waals surface area (Å²) in [7, 11) is 3.20. The molecule has 1 heterocycles. The molecule has 0 aliphatic carbocycles. The maximum absolute atomic E-state index is 12.9. The van der Waals surface area contributed by atoms with Crippen molar-refractivity contribution in [1.29, 1.82) is 0 Å². The maximum atomic E-state index is 12.9. The molecule has 1 unspecified atom stereocenters. The van der Waals surface area contributed by atoms with Crippen LogP contribution < -0.4 is 14.8 Å². The number of ether oxygens (including phenoxy) is 2. The number of methoxy groups -OCH3 is 2. The number of hydrogen-bond acceptors (Lipinski definition) is 4. The van der Waals surface area contributed by atoms with Gasteiger partial charge in [-0.3, -0.25) is 9.89 Å². The molecule has 10 heteroatoms. The standard InChI is InChI=1S/C20H31F3N4O2.HI/c1-5-24-19(27-12-10-26(11-13-27)15(2)20(21,22)23)25-9-8-16-6-7-17(28-3)18(14-16)29-4;/h6-7,14-15H,5,8-13H2,1-4H3,(H,24,25);1H. The predicted octanol–water partition coefficient (Wildman–Crippen LogP) is 3.40. The molecule has 172 valence electrons. The minimum absolute atomic E-state index is 0. The molecular weight excluding hydrogens is 512 g/mol. The van der Waals surface area contributed by atoms with Gasteiger partial charge >= 0.3 is 6.18 Å². The Bertz CT molecular complexity index is 681. The highest BCUT2D eigenvalue weighted by molar-refractivity contribution is 14.0. The van der Waals surface area contributed by atoms with E-state index in [2.05, 4.69) is 10.3 Å². The summed E-state index contributed by atoms with van der Waals surface area (Å²) in [5.41, 5.74) is 1.08. The maximum Gasteiger partial charge on any atom is 0.403 e. The lowest BCUT2D eigenvalue weighted by Crippen LogP contribution is -2.56. The highest BCUT2D eigenvalue weighted by atomic mass is 127. The van der Waals surface area contributed by atoms with Crippen LogP contribution in [0.1, 0.15) is 19.4 Å². The van der Waals surface area contributed by atoms with Crippen molar-refractivity contribution >= 4 is 29.9 Å². The van der Waals surface area contributed by atoms with Crippen molar-refractivity contribution in [1.82, 2.24) is 15.1 Å². The summed E-state index contributed by atoms with van der Waals surface area (Å²) in [4.78, 5) is 8.17. The molecule has 0 aromatic heterocycles. The fourth-order valence-electron chi connectivity index (χ4n) is 3.28. The number of nitrogens with zero attached hydrogens (tertiary/aromatic N) is 3. The van der Waals surface area contributed by atoms with Crippen LogP contribution in [-0.2, 0) is 6.42 Å². The first-order valence-corrected chi connectivity index (χ1v) is 9.85. The lowest BCUT2D eigenvalue weighted by Gasteiger charge is -2.39. The van der Waals surface area contributed by atoms with Gasteiger partial charge in [-0.05, 0) is 38.0 Å². The average Bonchev–Trinajstić information content (AvgIpc) is 2.72. The molecule has 0 bridgehead atoms. The van der Waals surface area contributed by atoms with Gasteiger partial charge in [-0.15, -0.1) is 24.0 Å². The molecule has 1 aromatic carbocycles. The summed E-state index contributed by atoms with van der Waals surface area (Å²) in [6.45, 7) is 6.22. The molecule has 0 amide bonds. The van der Waals surface area contributed by atoms with Crippen LogP contribution in [0.25, 0.3) is 0 Å². The monoisotopic (exact) mass is 544 g/mol. The number of alkyl halides is 3. The van der Waals surface area contributed by atoms with E-state index in [1.54, 1.807) is 14.2 Å². The molecule has 1 atom stereocenters. The second-order valence-corrected chi connectivity index (χ2v) is 6.92. The third-order valence-corrected chi connectivity index (χ3v) is 5.08. The zero-order valence-electron chi connectivity index (χ0n) is 18.0. The zero-order valence-corrected chi connectivity index (χ0v) is 20.3. The van der Waals surface area contributed by atoms with Gasteiger partial charge in [0.25, 0.3) is 0 Å². The largest absolute Gasteiger partial charge is 0.493 e. The molecule has 1 aliphatic heterocycles. The molecule has 1 saturated heterocycles. The molecule has 6 nitrogen and oxygen atoms in total. The van der Waals surface area contributed by atoms with E-state index in [0.29, 0.717) is 50.8 Å². The van der Waals surface area contributed by atoms with Crippen LogP contribution in [0, 0.1) is 0 Å². The van der Waals surface area contributed by atoms with E-state index >= 15 is 0 Å². The minimum Gasteiger partial charge on any atom is -0.493 e. The summed E-state index contributed by atoms with van der Waals surface area (Å²) < 4.78 is 49.4. The van der Waals surface area contributed by atoms with E-state index in [9.17, 15) is 13.2 Å². The average molecular weight is 544 g/mol. The van der Waals surface area contributed by atoms with Gasteiger partial charge in [0, 0.05) is 39.3 Å². The van der Waals surface area contributed by atoms with Crippen LogP contribution in [0.4, 0.5) is 13.2 Å². The van der Waals surface area contributed by atoms with E-state index in [-0.39, 0.29) is 24.0 Å². The minimum atomic E-state index is -4.19. The third-order valence-electron chi connectivity index (χ3n) is 5.08. The van der Waals surface area contributed by atoms with Gasteiger partial charge < -0.3 is 19.7 Å². The first-order chi connectivity index (χ1) is 13.8. The number of benzene rings is 1. The molecule has 1 N–H and O–H groups in total. The summed E-state index contributed by atoms with van der Waals surface area (Å²) >= 11 is 0. The van der Waals surface area contributed by atoms with Crippen LogP contribution in [0.5, 0.6) is 11.5 Å². The van der Waals surface area contributed by atoms with Crippen molar-refractivity contribution in [2.24, 2.45) is 4.99 Å². The first kappa shape index (κ1) is 26.6. The Labute approximate surface area is 193 Å². The van der Waals surface area contributed by atoms with Crippen LogP contribution in [0.15, 0.2) is 23.2 Å². The molecule has 1 aromatic rings. The van der Waals surface area contributed by atoms with Crippen molar-refractivity contribution < 1.29 is 22.6 Å². The Morgan fingerprint density at radius 3 is 2.30 bits per heavy atom. The van der Waals surface area contributed by atoms with Crippen molar-refractivity contribution in [3.05, 3.63) is 23.8 Å². The van der Waals surface area contributed by atoms with Gasteiger partial charge in [-0.25, -0.2) is 0 Å². The smallest absolute Gasteiger partial charge is 0.403 e. The molecular formula is C20H32F3IN4O2. The van der Waals surface area contributed by atoms with Crippen LogP contribution in [-0.4, -0.2) is 81.5 Å². The first-order valence-electron chi connectivity index (χ1n) is 9.85. The lowest BCUT2D eigenvalue weighted by molar-refractivity contribution is -0.181. The molecule has 2 rings (SSSR count). The molecule has 0 spiro atoms. The second kappa shape index (κ2) is 12.4. The number of halogens is 4. The van der Waals surface area contributed by atoms with Crippen LogP contribution in [0.3, 0.4) is 0 Å². The van der Waals surface area contributed by atoms with Crippen molar-refractivity contribution in [2.75, 3.05) is 53.5 Å². The highest BCUT2D eigenvalue weighted by Gasteiger charge is 2.41. The van der Waals surface area contributed by atoms with Gasteiger partial charge in [0.1, 0.15) is 6.04 Å². The Morgan fingerprint density at radius 1 is 1.13 bits per heavy atom. The van der Waals surface area contributed by atoms with Gasteiger partial charge in [0.2, 0.25) is 0 Å². The summed E-state index contributed by atoms with van der Waals surface area (Å²) in [5, 5.41) is 3.24.